The van der Waals surface area contributed by atoms with Crippen LogP contribution >= 0.6 is 0 Å². The molecule has 5 rings (SSSR count). The van der Waals surface area contributed by atoms with Crippen LogP contribution in [-0.2, 0) is 11.3 Å². The molecule has 1 atom stereocenters. The van der Waals surface area contributed by atoms with Crippen LogP contribution in [0, 0.1) is 11.8 Å². The highest BCUT2D eigenvalue weighted by molar-refractivity contribution is 6.09. The molecule has 0 aromatic heterocycles. The number of fused-ring (bicyclic) bond motifs is 2. The lowest BCUT2D eigenvalue weighted by atomic mass is 10.00. The molecule has 31 heavy (non-hydrogen) atoms. The van der Waals surface area contributed by atoms with E-state index in [0.717, 1.165) is 34.5 Å². The summed E-state index contributed by atoms with van der Waals surface area (Å²) in [6.45, 7) is 2.55. The molecule has 2 heterocycles. The lowest BCUT2D eigenvalue weighted by molar-refractivity contribution is 0.0817. The first-order chi connectivity index (χ1) is 15.2. The molecular weight excluding hydrogens is 384 g/mol. The molecule has 0 saturated carbocycles. The standard InChI is InChI=1S/C27H22N2O2/c1-2-19-11-13-21(14-12-19)25-17-23(31-28-25)18-29-26-10-6-4-8-22(26)16-15-20-7-3-5-9-24(20)27(29)30/h3-14,23H,2,17-18H2,1H3. The van der Waals surface area contributed by atoms with Crippen LogP contribution in [0.3, 0.4) is 0 Å². The molecule has 1 amide bonds. The maximum atomic E-state index is 13.5. The molecular formula is C27H22N2O2. The number of oxime groups is 1. The lowest BCUT2D eigenvalue weighted by Gasteiger charge is -2.27. The number of rotatable bonds is 4. The first-order valence-electron chi connectivity index (χ1n) is 10.6. The summed E-state index contributed by atoms with van der Waals surface area (Å²) in [5.74, 6) is 6.31. The number of amides is 1. The Bertz CT molecular complexity index is 1230. The van der Waals surface area contributed by atoms with Crippen LogP contribution in [0.15, 0.2) is 78.0 Å². The van der Waals surface area contributed by atoms with E-state index < -0.39 is 0 Å². The predicted octanol–water partition coefficient (Wildman–Crippen LogP) is 4.80. The van der Waals surface area contributed by atoms with Gasteiger partial charge >= 0.3 is 0 Å². The Morgan fingerprint density at radius 2 is 1.68 bits per heavy atom. The summed E-state index contributed by atoms with van der Waals surface area (Å²) in [6, 6.07) is 23.7. The Balaban J connectivity index is 1.42. The van der Waals surface area contributed by atoms with Crippen molar-refractivity contribution in [2.45, 2.75) is 25.9 Å². The minimum Gasteiger partial charge on any atom is -0.390 e. The van der Waals surface area contributed by atoms with Crippen LogP contribution in [0.2, 0.25) is 0 Å². The second kappa shape index (κ2) is 8.12. The molecule has 4 heteroatoms. The van der Waals surface area contributed by atoms with Gasteiger partial charge in [-0.05, 0) is 41.8 Å². The predicted molar refractivity (Wildman–Crippen MR) is 122 cm³/mol. The molecule has 0 radical (unpaired) electrons. The minimum atomic E-state index is -0.211. The second-order valence-corrected chi connectivity index (χ2v) is 7.75. The van der Waals surface area contributed by atoms with Crippen molar-refractivity contribution in [1.82, 2.24) is 0 Å². The van der Waals surface area contributed by atoms with Crippen LogP contribution in [0.4, 0.5) is 5.69 Å². The van der Waals surface area contributed by atoms with Crippen molar-refractivity contribution in [2.75, 3.05) is 11.4 Å². The van der Waals surface area contributed by atoms with Crippen molar-refractivity contribution in [2.24, 2.45) is 5.16 Å². The Kier molecular flexibility index (Phi) is 5.01. The molecule has 0 aliphatic carbocycles. The number of carbonyl (C=O) groups is 1. The summed E-state index contributed by atoms with van der Waals surface area (Å²) in [7, 11) is 0. The Hall–Kier alpha value is -3.84. The van der Waals surface area contributed by atoms with Gasteiger partial charge in [0, 0.05) is 17.5 Å². The number of nitrogens with zero attached hydrogens (tertiary/aromatic N) is 2. The molecule has 3 aromatic carbocycles. The van der Waals surface area contributed by atoms with Crippen molar-refractivity contribution in [3.05, 3.63) is 101 Å². The third-order valence-corrected chi connectivity index (χ3v) is 5.74. The number of aryl methyl sites for hydroxylation is 1. The van der Waals surface area contributed by atoms with Crippen molar-refractivity contribution >= 4 is 17.3 Å². The fourth-order valence-corrected chi connectivity index (χ4v) is 4.00. The molecule has 0 spiro atoms. The lowest BCUT2D eigenvalue weighted by Crippen LogP contribution is -2.39. The number of hydrogen-bond donors (Lipinski definition) is 0. The largest absolute Gasteiger partial charge is 0.390 e. The second-order valence-electron chi connectivity index (χ2n) is 7.75. The minimum absolute atomic E-state index is 0.0681. The van der Waals surface area contributed by atoms with Crippen LogP contribution < -0.4 is 4.90 Å². The Morgan fingerprint density at radius 1 is 0.968 bits per heavy atom. The highest BCUT2D eigenvalue weighted by Gasteiger charge is 2.30. The average Bonchev–Trinajstić information content (AvgIpc) is 3.29. The molecule has 1 unspecified atom stereocenters. The van der Waals surface area contributed by atoms with E-state index in [-0.39, 0.29) is 12.0 Å². The molecule has 0 saturated heterocycles. The van der Waals surface area contributed by atoms with Gasteiger partial charge in [0.05, 0.1) is 23.5 Å². The summed E-state index contributed by atoms with van der Waals surface area (Å²) >= 11 is 0. The Morgan fingerprint density at radius 3 is 2.48 bits per heavy atom. The first kappa shape index (κ1) is 19.1. The number of carbonyl (C=O) groups excluding carboxylic acids is 1. The van der Waals surface area contributed by atoms with Gasteiger partial charge < -0.3 is 9.74 Å². The smallest absolute Gasteiger partial charge is 0.259 e. The van der Waals surface area contributed by atoms with Crippen LogP contribution in [-0.4, -0.2) is 24.3 Å². The molecule has 4 nitrogen and oxygen atoms in total. The fraction of sp³-hybridized carbons (Fsp3) is 0.185. The van der Waals surface area contributed by atoms with E-state index in [2.05, 4.69) is 48.2 Å². The SMILES string of the molecule is CCc1ccc(C2=NOC(CN3C(=O)c4ccccc4C#Cc4ccccc43)C2)cc1. The quantitative estimate of drug-likeness (QED) is 0.584. The van der Waals surface area contributed by atoms with E-state index in [1.165, 1.54) is 5.56 Å². The summed E-state index contributed by atoms with van der Waals surface area (Å²) in [6.07, 6.45) is 1.45. The summed E-state index contributed by atoms with van der Waals surface area (Å²) < 4.78 is 0. The highest BCUT2D eigenvalue weighted by atomic mass is 16.6. The van der Waals surface area contributed by atoms with Crippen LogP contribution in [0.25, 0.3) is 0 Å². The maximum Gasteiger partial charge on any atom is 0.259 e. The number of benzene rings is 3. The van der Waals surface area contributed by atoms with Crippen molar-refractivity contribution in [1.29, 1.82) is 0 Å². The molecule has 0 bridgehead atoms. The first-order valence-corrected chi connectivity index (χ1v) is 10.6. The summed E-state index contributed by atoms with van der Waals surface area (Å²) in [5, 5.41) is 4.33. The molecule has 2 aliphatic rings. The van der Waals surface area contributed by atoms with E-state index >= 15 is 0 Å². The molecule has 2 aliphatic heterocycles. The fourth-order valence-electron chi connectivity index (χ4n) is 4.00. The van der Waals surface area contributed by atoms with Gasteiger partial charge in [0.2, 0.25) is 0 Å². The van der Waals surface area contributed by atoms with Crippen LogP contribution in [0.5, 0.6) is 0 Å². The van der Waals surface area contributed by atoms with Gasteiger partial charge in [0.15, 0.2) is 6.10 Å². The monoisotopic (exact) mass is 406 g/mol. The maximum absolute atomic E-state index is 13.5. The van der Waals surface area contributed by atoms with E-state index in [9.17, 15) is 4.79 Å². The molecule has 3 aromatic rings. The zero-order chi connectivity index (χ0) is 21.2. The molecule has 0 fully saturated rings. The summed E-state index contributed by atoms with van der Waals surface area (Å²) in [5.41, 5.74) is 6.27. The normalized spacial score (nSPS) is 16.8. The van der Waals surface area contributed by atoms with Gasteiger partial charge in [0.1, 0.15) is 0 Å². The van der Waals surface area contributed by atoms with Crippen molar-refractivity contribution in [3.63, 3.8) is 0 Å². The van der Waals surface area contributed by atoms with Gasteiger partial charge in [-0.25, -0.2) is 0 Å². The average molecular weight is 406 g/mol. The third kappa shape index (κ3) is 3.71. The van der Waals surface area contributed by atoms with Crippen molar-refractivity contribution < 1.29 is 9.63 Å². The van der Waals surface area contributed by atoms with Gasteiger partial charge in [-0.1, -0.05) is 72.5 Å². The van der Waals surface area contributed by atoms with E-state index in [1.54, 1.807) is 4.90 Å². The number of anilines is 1. The number of hydrogen-bond acceptors (Lipinski definition) is 3. The molecule has 0 N–H and O–H groups in total. The molecule has 152 valence electrons. The van der Waals surface area contributed by atoms with E-state index in [1.807, 2.05) is 48.5 Å². The van der Waals surface area contributed by atoms with Crippen LogP contribution in [0.1, 0.15) is 46.0 Å². The van der Waals surface area contributed by atoms with E-state index in [4.69, 9.17) is 4.84 Å². The number of para-hydroxylation sites is 1. The van der Waals surface area contributed by atoms with Gasteiger partial charge in [-0.2, -0.15) is 0 Å². The summed E-state index contributed by atoms with van der Waals surface area (Å²) in [4.78, 5) is 21.1. The topological polar surface area (TPSA) is 41.9 Å². The zero-order valence-corrected chi connectivity index (χ0v) is 17.3. The van der Waals surface area contributed by atoms with E-state index in [0.29, 0.717) is 18.5 Å². The third-order valence-electron chi connectivity index (χ3n) is 5.74. The van der Waals surface area contributed by atoms with Crippen molar-refractivity contribution in [3.8, 4) is 11.8 Å². The van der Waals surface area contributed by atoms with Gasteiger partial charge in [0.25, 0.3) is 5.91 Å². The zero-order valence-electron chi connectivity index (χ0n) is 17.3. The Labute approximate surface area is 182 Å². The highest BCUT2D eigenvalue weighted by Crippen LogP contribution is 2.27. The van der Waals surface area contributed by atoms with Gasteiger partial charge in [-0.15, -0.1) is 0 Å². The van der Waals surface area contributed by atoms with Gasteiger partial charge in [-0.3, -0.25) is 4.79 Å².